The molecule has 0 radical (unpaired) electrons. The summed E-state index contributed by atoms with van der Waals surface area (Å²) in [6.45, 7) is 8.61. The van der Waals surface area contributed by atoms with E-state index in [9.17, 15) is 8.42 Å². The molecule has 2 fully saturated rings. The molecule has 1 aliphatic carbocycles. The Morgan fingerprint density at radius 1 is 1.23 bits per heavy atom. The maximum atomic E-state index is 13.1. The predicted molar refractivity (Wildman–Crippen MR) is 106 cm³/mol. The lowest BCUT2D eigenvalue weighted by Gasteiger charge is -2.37. The van der Waals surface area contributed by atoms with Crippen molar-refractivity contribution >= 4 is 10.0 Å². The quantitative estimate of drug-likeness (QED) is 0.837. The number of sulfonamides is 1. The summed E-state index contributed by atoms with van der Waals surface area (Å²) in [6, 6.07) is 8.06. The molecular weight excluding hydrogens is 344 g/mol. The van der Waals surface area contributed by atoms with E-state index in [0.717, 1.165) is 30.9 Å². The number of piperidine rings is 1. The van der Waals surface area contributed by atoms with Crippen LogP contribution in [0.4, 0.5) is 0 Å². The van der Waals surface area contributed by atoms with Crippen molar-refractivity contribution in [3.05, 3.63) is 29.8 Å². The molecule has 26 heavy (non-hydrogen) atoms. The minimum Gasteiger partial charge on any atom is -0.310 e. The van der Waals surface area contributed by atoms with Crippen molar-refractivity contribution < 1.29 is 8.42 Å². The largest absolute Gasteiger partial charge is 0.310 e. The van der Waals surface area contributed by atoms with Gasteiger partial charge in [-0.1, -0.05) is 45.7 Å². The molecule has 1 saturated carbocycles. The first kappa shape index (κ1) is 19.8. The third-order valence-corrected chi connectivity index (χ3v) is 7.77. The Morgan fingerprint density at radius 2 is 2.04 bits per heavy atom. The van der Waals surface area contributed by atoms with E-state index < -0.39 is 10.0 Å². The van der Waals surface area contributed by atoms with E-state index in [2.05, 4.69) is 26.1 Å². The molecule has 1 saturated heterocycles. The van der Waals surface area contributed by atoms with Gasteiger partial charge in [-0.2, -0.15) is 4.31 Å². The molecular formula is C21H34N2O2S. The van der Waals surface area contributed by atoms with Crippen LogP contribution in [-0.2, 0) is 16.6 Å². The topological polar surface area (TPSA) is 49.4 Å². The smallest absolute Gasteiger partial charge is 0.243 e. The second-order valence-corrected chi connectivity index (χ2v) is 11.0. The van der Waals surface area contributed by atoms with E-state index in [1.165, 1.54) is 25.7 Å². The minimum atomic E-state index is -3.40. The summed E-state index contributed by atoms with van der Waals surface area (Å²) in [5, 5.41) is 3.63. The number of benzene rings is 1. The Kier molecular flexibility index (Phi) is 6.10. The van der Waals surface area contributed by atoms with Gasteiger partial charge in [0, 0.05) is 25.7 Å². The van der Waals surface area contributed by atoms with Crippen molar-refractivity contribution in [2.75, 3.05) is 13.1 Å². The first-order valence-electron chi connectivity index (χ1n) is 10.1. The summed E-state index contributed by atoms with van der Waals surface area (Å²) >= 11 is 0. The molecule has 1 aromatic carbocycles. The van der Waals surface area contributed by atoms with E-state index in [1.807, 2.05) is 18.2 Å². The van der Waals surface area contributed by atoms with Crippen molar-refractivity contribution in [2.45, 2.75) is 76.8 Å². The number of rotatable bonds is 5. The van der Waals surface area contributed by atoms with Gasteiger partial charge in [-0.3, -0.25) is 0 Å². The van der Waals surface area contributed by atoms with E-state index >= 15 is 0 Å². The van der Waals surface area contributed by atoms with Crippen molar-refractivity contribution in [3.63, 3.8) is 0 Å². The lowest BCUT2D eigenvalue weighted by atomic mass is 9.85. The van der Waals surface area contributed by atoms with Crippen LogP contribution < -0.4 is 5.32 Å². The highest BCUT2D eigenvalue weighted by Gasteiger charge is 2.34. The first-order valence-corrected chi connectivity index (χ1v) is 11.5. The lowest BCUT2D eigenvalue weighted by Crippen LogP contribution is -2.43. The highest BCUT2D eigenvalue weighted by atomic mass is 32.2. The van der Waals surface area contributed by atoms with Gasteiger partial charge in [0.15, 0.2) is 0 Å². The second kappa shape index (κ2) is 7.99. The Bertz CT molecular complexity index is 714. The van der Waals surface area contributed by atoms with Crippen LogP contribution in [0, 0.1) is 11.3 Å². The van der Waals surface area contributed by atoms with Gasteiger partial charge in [0.2, 0.25) is 10.0 Å². The van der Waals surface area contributed by atoms with Gasteiger partial charge < -0.3 is 5.32 Å². The molecule has 5 heteroatoms. The fraction of sp³-hybridized carbons (Fsp3) is 0.714. The molecule has 3 rings (SSSR count). The van der Waals surface area contributed by atoms with Crippen LogP contribution in [0.2, 0.25) is 0 Å². The Labute approximate surface area is 159 Å². The standard InChI is InChI=1S/C21H34N2O2S/c1-17-7-4-9-19(13-17)22-15-18-8-5-10-20(14-18)26(24,25)23-12-6-11-21(2,3)16-23/h5,8,10,14,17,19,22H,4,6-7,9,11-13,15-16H2,1-3H3. The van der Waals surface area contributed by atoms with Gasteiger partial charge in [-0.15, -0.1) is 0 Å². The molecule has 1 aliphatic heterocycles. The number of hydrogen-bond donors (Lipinski definition) is 1. The minimum absolute atomic E-state index is 0.0577. The molecule has 0 aromatic heterocycles. The average molecular weight is 379 g/mol. The van der Waals surface area contributed by atoms with E-state index in [-0.39, 0.29) is 5.41 Å². The molecule has 2 aliphatic rings. The second-order valence-electron chi connectivity index (χ2n) is 9.10. The van der Waals surface area contributed by atoms with Crippen LogP contribution in [0.3, 0.4) is 0 Å². The van der Waals surface area contributed by atoms with Gasteiger partial charge in [0.1, 0.15) is 0 Å². The third-order valence-electron chi connectivity index (χ3n) is 5.93. The molecule has 2 unspecified atom stereocenters. The summed E-state index contributed by atoms with van der Waals surface area (Å²) in [5.41, 5.74) is 1.11. The van der Waals surface area contributed by atoms with E-state index in [4.69, 9.17) is 0 Å². The lowest BCUT2D eigenvalue weighted by molar-refractivity contribution is 0.187. The first-order chi connectivity index (χ1) is 12.3. The van der Waals surface area contributed by atoms with Crippen molar-refractivity contribution in [1.82, 2.24) is 9.62 Å². The monoisotopic (exact) mass is 378 g/mol. The average Bonchev–Trinajstić information content (AvgIpc) is 2.59. The fourth-order valence-corrected chi connectivity index (χ4v) is 6.16. The van der Waals surface area contributed by atoms with Crippen LogP contribution in [0.15, 0.2) is 29.2 Å². The SMILES string of the molecule is CC1CCCC(NCc2cccc(S(=O)(=O)N3CCCC(C)(C)C3)c2)C1. The number of nitrogens with one attached hydrogen (secondary N) is 1. The van der Waals surface area contributed by atoms with Gasteiger partial charge in [0.25, 0.3) is 0 Å². The third kappa shape index (κ3) is 4.87. The highest BCUT2D eigenvalue weighted by Crippen LogP contribution is 2.32. The highest BCUT2D eigenvalue weighted by molar-refractivity contribution is 7.89. The van der Waals surface area contributed by atoms with E-state index in [1.54, 1.807) is 10.4 Å². The van der Waals surface area contributed by atoms with Crippen LogP contribution in [0.1, 0.15) is 64.9 Å². The maximum absolute atomic E-state index is 13.1. The Hall–Kier alpha value is -0.910. The molecule has 146 valence electrons. The molecule has 0 spiro atoms. The van der Waals surface area contributed by atoms with Crippen molar-refractivity contribution in [3.8, 4) is 0 Å². The molecule has 0 bridgehead atoms. The van der Waals surface area contributed by atoms with E-state index in [0.29, 0.717) is 24.0 Å². The summed E-state index contributed by atoms with van der Waals surface area (Å²) in [7, 11) is -3.40. The predicted octanol–water partition coefficient (Wildman–Crippen LogP) is 4.17. The summed E-state index contributed by atoms with van der Waals surface area (Å²) in [4.78, 5) is 0.437. The van der Waals surface area contributed by atoms with Crippen molar-refractivity contribution in [1.29, 1.82) is 0 Å². The molecule has 1 aromatic rings. The van der Waals surface area contributed by atoms with Gasteiger partial charge in [-0.05, 0) is 54.7 Å². The van der Waals surface area contributed by atoms with Crippen LogP contribution in [-0.4, -0.2) is 31.9 Å². The van der Waals surface area contributed by atoms with Gasteiger partial charge >= 0.3 is 0 Å². The molecule has 1 N–H and O–H groups in total. The number of hydrogen-bond acceptors (Lipinski definition) is 3. The molecule has 0 amide bonds. The fourth-order valence-electron chi connectivity index (χ4n) is 4.42. The summed E-state index contributed by atoms with van der Waals surface area (Å²) in [6.07, 6.45) is 7.10. The Balaban J connectivity index is 1.68. The van der Waals surface area contributed by atoms with Crippen molar-refractivity contribution in [2.24, 2.45) is 11.3 Å². The van der Waals surface area contributed by atoms with Gasteiger partial charge in [0.05, 0.1) is 4.90 Å². The molecule has 2 atom stereocenters. The molecule has 4 nitrogen and oxygen atoms in total. The molecule has 1 heterocycles. The number of nitrogens with zero attached hydrogens (tertiary/aromatic N) is 1. The van der Waals surface area contributed by atoms with Gasteiger partial charge in [-0.25, -0.2) is 8.42 Å². The zero-order valence-corrected chi connectivity index (χ0v) is 17.3. The van der Waals surface area contributed by atoms with Crippen LogP contribution >= 0.6 is 0 Å². The summed E-state index contributed by atoms with van der Waals surface area (Å²) < 4.78 is 27.8. The van der Waals surface area contributed by atoms with Crippen LogP contribution in [0.5, 0.6) is 0 Å². The van der Waals surface area contributed by atoms with Crippen LogP contribution in [0.25, 0.3) is 0 Å². The maximum Gasteiger partial charge on any atom is 0.243 e. The normalized spacial score (nSPS) is 27.3. The summed E-state index contributed by atoms with van der Waals surface area (Å²) in [5.74, 6) is 0.787. The zero-order valence-electron chi connectivity index (χ0n) is 16.5. The zero-order chi connectivity index (χ0) is 18.8. The Morgan fingerprint density at radius 3 is 2.77 bits per heavy atom.